The molecule has 0 saturated carbocycles. The van der Waals surface area contributed by atoms with Gasteiger partial charge in [-0.25, -0.2) is 14.4 Å². The second kappa shape index (κ2) is 8.27. The third-order valence-corrected chi connectivity index (χ3v) is 5.68. The summed E-state index contributed by atoms with van der Waals surface area (Å²) in [5.74, 6) is 0.0633. The Bertz CT molecular complexity index is 1380. The molecule has 4 heterocycles. The molecule has 0 radical (unpaired) electrons. The number of carbonyl (C=O) groups excluding carboxylic acids is 1. The molecule has 0 aliphatic carbocycles. The fourth-order valence-electron chi connectivity index (χ4n) is 4.17. The summed E-state index contributed by atoms with van der Waals surface area (Å²) in [5.41, 5.74) is 5.69. The number of aromatic nitrogens is 3. The highest BCUT2D eigenvalue weighted by atomic mass is 19.1. The Morgan fingerprint density at radius 1 is 1.24 bits per heavy atom. The van der Waals surface area contributed by atoms with Gasteiger partial charge in [-0.05, 0) is 37.9 Å². The van der Waals surface area contributed by atoms with E-state index in [-0.39, 0.29) is 18.3 Å². The zero-order valence-corrected chi connectivity index (χ0v) is 18.3. The zero-order valence-electron chi connectivity index (χ0n) is 18.3. The van der Waals surface area contributed by atoms with Crippen LogP contribution in [0.4, 0.5) is 15.9 Å². The Labute approximate surface area is 189 Å². The lowest BCUT2D eigenvalue weighted by atomic mass is 9.99. The minimum absolute atomic E-state index is 0.0911. The number of pyridine rings is 2. The van der Waals surface area contributed by atoms with Crippen molar-refractivity contribution in [1.29, 1.82) is 0 Å². The molecule has 0 fully saturated rings. The maximum Gasteiger partial charge on any atom is 0.254 e. The summed E-state index contributed by atoms with van der Waals surface area (Å²) < 4.78 is 15.4. The lowest BCUT2D eigenvalue weighted by molar-refractivity contribution is 0.0966. The van der Waals surface area contributed by atoms with Gasteiger partial charge >= 0.3 is 0 Å². The molecule has 0 saturated heterocycles. The number of fused-ring (bicyclic) bond motifs is 2. The number of carbonyl (C=O) groups is 1. The highest BCUT2D eigenvalue weighted by Crippen LogP contribution is 2.35. The lowest BCUT2D eigenvalue weighted by Crippen LogP contribution is -2.15. The molecule has 9 heteroatoms. The molecule has 0 atom stereocenters. The first-order valence-electron chi connectivity index (χ1n) is 10.5. The molecule has 0 unspecified atom stereocenters. The first kappa shape index (κ1) is 21.0. The van der Waals surface area contributed by atoms with Gasteiger partial charge in [0.25, 0.3) is 5.91 Å². The van der Waals surface area contributed by atoms with Gasteiger partial charge in [-0.15, -0.1) is 0 Å². The van der Waals surface area contributed by atoms with Crippen molar-refractivity contribution in [2.45, 2.75) is 19.7 Å². The molecule has 0 spiro atoms. The Kier molecular flexibility index (Phi) is 5.27. The molecule has 8 nitrogen and oxygen atoms in total. The van der Waals surface area contributed by atoms with Crippen molar-refractivity contribution in [3.05, 3.63) is 77.0 Å². The molecular weight excluding hydrogens is 423 g/mol. The minimum atomic E-state index is -0.352. The number of hydrogen-bond acceptors (Lipinski definition) is 6. The third kappa shape index (κ3) is 3.81. The fourth-order valence-corrected chi connectivity index (χ4v) is 4.17. The molecular formula is C24H23FN6O2. The van der Waals surface area contributed by atoms with Crippen molar-refractivity contribution in [3.8, 4) is 11.3 Å². The Balaban J connectivity index is 1.56. The molecule has 0 bridgehead atoms. The number of halogens is 1. The van der Waals surface area contributed by atoms with Crippen LogP contribution in [0.3, 0.4) is 0 Å². The minimum Gasteiger partial charge on any atom is -0.392 e. The van der Waals surface area contributed by atoms with Crippen molar-refractivity contribution >= 4 is 23.1 Å². The maximum absolute atomic E-state index is 13.6. The second-order valence-electron chi connectivity index (χ2n) is 8.24. The zero-order chi connectivity index (χ0) is 23.1. The first-order chi connectivity index (χ1) is 15.9. The van der Waals surface area contributed by atoms with Crippen LogP contribution in [-0.4, -0.2) is 44.4 Å². The van der Waals surface area contributed by atoms with Crippen LogP contribution in [0.15, 0.2) is 48.8 Å². The molecule has 3 N–H and O–H groups in total. The molecule has 3 aromatic heterocycles. The van der Waals surface area contributed by atoms with Crippen LogP contribution in [0.2, 0.25) is 0 Å². The van der Waals surface area contributed by atoms with Crippen molar-refractivity contribution < 1.29 is 14.3 Å². The van der Waals surface area contributed by atoms with E-state index in [2.05, 4.69) is 20.6 Å². The van der Waals surface area contributed by atoms with Crippen LogP contribution < -0.4 is 10.6 Å². The summed E-state index contributed by atoms with van der Waals surface area (Å²) in [6, 6.07) is 10.1. The van der Waals surface area contributed by atoms with E-state index in [1.807, 2.05) is 37.2 Å². The van der Waals surface area contributed by atoms with E-state index < -0.39 is 0 Å². The molecule has 1 amide bonds. The van der Waals surface area contributed by atoms with Crippen LogP contribution in [0.25, 0.3) is 16.9 Å². The average Bonchev–Trinajstić information content (AvgIpc) is 3.38. The van der Waals surface area contributed by atoms with Crippen LogP contribution in [-0.2, 0) is 19.7 Å². The van der Waals surface area contributed by atoms with E-state index in [4.69, 9.17) is 0 Å². The number of aliphatic hydroxyl groups is 1. The molecule has 168 valence electrons. The van der Waals surface area contributed by atoms with Gasteiger partial charge in [0, 0.05) is 36.5 Å². The summed E-state index contributed by atoms with van der Waals surface area (Å²) in [4.78, 5) is 23.7. The Morgan fingerprint density at radius 3 is 2.88 bits per heavy atom. The normalized spacial score (nSPS) is 12.9. The maximum atomic E-state index is 13.6. The molecule has 1 aliphatic rings. The van der Waals surface area contributed by atoms with E-state index >= 15 is 0 Å². The standard InChI is InChI=1S/C24H23FN6O2/c1-30(2)12-19-14(13-32)3-6-21(29-19)28-18-5-4-16(17-10-27-24(33)23(17)18)20-11-26-22-9-15(25)7-8-31(20)22/h3-9,11,32H,10,12-13H2,1-2H3,(H,27,33)(H,28,29). The molecule has 33 heavy (non-hydrogen) atoms. The molecule has 1 aliphatic heterocycles. The molecule has 5 rings (SSSR count). The van der Waals surface area contributed by atoms with Gasteiger partial charge in [0.1, 0.15) is 17.3 Å². The number of amides is 1. The van der Waals surface area contributed by atoms with Gasteiger partial charge in [-0.3, -0.25) is 9.20 Å². The first-order valence-corrected chi connectivity index (χ1v) is 10.5. The second-order valence-corrected chi connectivity index (χ2v) is 8.24. The van der Waals surface area contributed by atoms with E-state index in [0.29, 0.717) is 35.8 Å². The monoisotopic (exact) mass is 446 g/mol. The van der Waals surface area contributed by atoms with Crippen molar-refractivity contribution in [1.82, 2.24) is 24.6 Å². The molecule has 1 aromatic carbocycles. The Hall–Kier alpha value is -3.82. The number of nitrogens with zero attached hydrogens (tertiary/aromatic N) is 4. The average molecular weight is 446 g/mol. The smallest absolute Gasteiger partial charge is 0.254 e. The van der Waals surface area contributed by atoms with Crippen LogP contribution in [0.5, 0.6) is 0 Å². The number of nitrogens with one attached hydrogen (secondary N) is 2. The van der Waals surface area contributed by atoms with Crippen LogP contribution in [0.1, 0.15) is 27.2 Å². The van der Waals surface area contributed by atoms with Gasteiger partial charge in [-0.1, -0.05) is 12.1 Å². The summed E-state index contributed by atoms with van der Waals surface area (Å²) in [6.07, 6.45) is 3.32. The largest absolute Gasteiger partial charge is 0.392 e. The summed E-state index contributed by atoms with van der Waals surface area (Å²) in [5, 5.41) is 15.8. The number of benzene rings is 1. The van der Waals surface area contributed by atoms with Crippen molar-refractivity contribution in [3.63, 3.8) is 0 Å². The summed E-state index contributed by atoms with van der Waals surface area (Å²) in [6.45, 7) is 0.875. The van der Waals surface area contributed by atoms with Gasteiger partial charge in [0.05, 0.1) is 35.4 Å². The molecule has 4 aromatic rings. The summed E-state index contributed by atoms with van der Waals surface area (Å²) >= 11 is 0. The number of hydrogen-bond donors (Lipinski definition) is 3. The van der Waals surface area contributed by atoms with Gasteiger partial charge < -0.3 is 20.6 Å². The third-order valence-electron chi connectivity index (χ3n) is 5.68. The fraction of sp³-hybridized carbons (Fsp3) is 0.208. The highest BCUT2D eigenvalue weighted by Gasteiger charge is 2.27. The van der Waals surface area contributed by atoms with E-state index in [1.165, 1.54) is 12.1 Å². The van der Waals surface area contributed by atoms with Crippen molar-refractivity contribution in [2.24, 2.45) is 0 Å². The van der Waals surface area contributed by atoms with Gasteiger partial charge in [-0.2, -0.15) is 0 Å². The number of anilines is 2. The van der Waals surface area contributed by atoms with Crippen LogP contribution in [0, 0.1) is 5.82 Å². The van der Waals surface area contributed by atoms with Crippen LogP contribution >= 0.6 is 0 Å². The highest BCUT2D eigenvalue weighted by molar-refractivity contribution is 6.06. The Morgan fingerprint density at radius 2 is 2.09 bits per heavy atom. The quantitative estimate of drug-likeness (QED) is 0.421. The predicted octanol–water partition coefficient (Wildman–Crippen LogP) is 3.08. The number of rotatable bonds is 6. The number of aliphatic hydroxyl groups excluding tert-OH is 1. The number of imidazole rings is 1. The predicted molar refractivity (Wildman–Crippen MR) is 123 cm³/mol. The van der Waals surface area contributed by atoms with E-state index in [1.54, 1.807) is 22.9 Å². The van der Waals surface area contributed by atoms with Gasteiger partial charge in [0.2, 0.25) is 0 Å². The summed E-state index contributed by atoms with van der Waals surface area (Å²) in [7, 11) is 3.88. The topological polar surface area (TPSA) is 94.8 Å². The van der Waals surface area contributed by atoms with Crippen molar-refractivity contribution in [2.75, 3.05) is 19.4 Å². The SMILES string of the molecule is CN(C)Cc1nc(Nc2ccc(-c3cnc4cc(F)ccn34)c3c2C(=O)NC3)ccc1CO. The van der Waals surface area contributed by atoms with E-state index in [9.17, 15) is 14.3 Å². The van der Waals surface area contributed by atoms with Gasteiger partial charge in [0.15, 0.2) is 0 Å². The van der Waals surface area contributed by atoms with E-state index in [0.717, 1.165) is 28.1 Å². The lowest BCUT2D eigenvalue weighted by Gasteiger charge is -2.16.